The van der Waals surface area contributed by atoms with Gasteiger partial charge in [0, 0.05) is 62.3 Å². The zero-order valence-electron chi connectivity index (χ0n) is 26.5. The van der Waals surface area contributed by atoms with Crippen molar-refractivity contribution in [3.63, 3.8) is 0 Å². The molecule has 49 heavy (non-hydrogen) atoms. The maximum Gasteiger partial charge on any atom is 0.271 e. The van der Waals surface area contributed by atoms with Gasteiger partial charge in [-0.2, -0.15) is 0 Å². The highest BCUT2D eigenvalue weighted by molar-refractivity contribution is 7.22. The van der Waals surface area contributed by atoms with Crippen LogP contribution < -0.4 is 25.7 Å². The molecule has 0 saturated heterocycles. The van der Waals surface area contributed by atoms with E-state index in [0.717, 1.165) is 28.7 Å². The Kier molecular flexibility index (Phi) is 10.3. The van der Waals surface area contributed by atoms with E-state index in [4.69, 9.17) is 14.2 Å². The normalized spacial score (nSPS) is 11.1. The molecule has 0 aliphatic rings. The van der Waals surface area contributed by atoms with Crippen LogP contribution in [0.4, 0.5) is 14.5 Å². The summed E-state index contributed by atoms with van der Waals surface area (Å²) >= 11 is 1.42. The lowest BCUT2D eigenvalue weighted by Crippen LogP contribution is -2.29. The summed E-state index contributed by atoms with van der Waals surface area (Å²) in [5.41, 5.74) is 1.97. The fourth-order valence-corrected chi connectivity index (χ4v) is 6.03. The highest BCUT2D eigenvalue weighted by atomic mass is 32.1. The SMILES string of the molecule is CCOc1ccn(-c2ccc(F)cc2)c(=O)c1C(=O)Nc1ccc(Oc2ccnc3cc(-c4ccc(CNCCOC)cn4)sc23)c(F)c1. The van der Waals surface area contributed by atoms with Gasteiger partial charge in [0.25, 0.3) is 11.5 Å². The highest BCUT2D eigenvalue weighted by Crippen LogP contribution is 2.39. The predicted octanol–water partition coefficient (Wildman–Crippen LogP) is 6.97. The van der Waals surface area contributed by atoms with Crippen LogP contribution in [0, 0.1) is 11.6 Å². The Labute approximate surface area is 283 Å². The Morgan fingerprint density at radius 1 is 0.959 bits per heavy atom. The van der Waals surface area contributed by atoms with Crippen LogP contribution in [0.5, 0.6) is 17.2 Å². The van der Waals surface area contributed by atoms with E-state index in [1.165, 1.54) is 64.6 Å². The predicted molar refractivity (Wildman–Crippen MR) is 184 cm³/mol. The van der Waals surface area contributed by atoms with Gasteiger partial charge in [-0.05, 0) is 67.1 Å². The van der Waals surface area contributed by atoms with Crippen molar-refractivity contribution in [1.82, 2.24) is 19.9 Å². The molecule has 0 atom stereocenters. The molecule has 0 spiro atoms. The minimum absolute atomic E-state index is 0.0573. The van der Waals surface area contributed by atoms with Crippen LogP contribution in [0.15, 0.2) is 96.2 Å². The monoisotopic (exact) mass is 683 g/mol. The standard InChI is InChI=1S/C36H31F2N5O5S/c1-3-47-30-13-16-43(25-8-5-23(37)6-9-25)36(45)33(30)35(44)42-24-7-11-29(26(38)18-24)48-31-12-14-40-28-19-32(49-34(28)31)27-10-4-22(21-41-27)20-39-15-17-46-2/h4-14,16,18-19,21,39H,3,15,17,20H2,1-2H3,(H,42,44). The molecule has 0 saturated carbocycles. The number of anilines is 1. The van der Waals surface area contributed by atoms with Gasteiger partial charge in [-0.1, -0.05) is 6.07 Å². The van der Waals surface area contributed by atoms with Crippen molar-refractivity contribution in [3.05, 3.63) is 125 Å². The molecule has 0 aliphatic carbocycles. The Balaban J connectivity index is 1.19. The van der Waals surface area contributed by atoms with Gasteiger partial charge in [0.1, 0.15) is 22.9 Å². The molecule has 0 bridgehead atoms. The third-order valence-corrected chi connectivity index (χ3v) is 8.52. The number of rotatable bonds is 13. The first-order chi connectivity index (χ1) is 23.8. The third-order valence-electron chi connectivity index (χ3n) is 7.36. The number of hydrogen-bond donors (Lipinski definition) is 2. The maximum atomic E-state index is 15.4. The fraction of sp³-hybridized carbons (Fsp3) is 0.167. The van der Waals surface area contributed by atoms with Crippen molar-refractivity contribution in [2.45, 2.75) is 13.5 Å². The number of fused-ring (bicyclic) bond motifs is 1. The second-order valence-corrected chi connectivity index (χ2v) is 11.7. The van der Waals surface area contributed by atoms with Crippen LogP contribution in [-0.2, 0) is 11.3 Å². The lowest BCUT2D eigenvalue weighted by Gasteiger charge is -2.14. The van der Waals surface area contributed by atoms with Gasteiger partial charge in [-0.3, -0.25) is 24.1 Å². The van der Waals surface area contributed by atoms with Crippen LogP contribution in [0.3, 0.4) is 0 Å². The van der Waals surface area contributed by atoms with Gasteiger partial charge in [0.2, 0.25) is 0 Å². The topological polar surface area (TPSA) is 117 Å². The summed E-state index contributed by atoms with van der Waals surface area (Å²) in [6.07, 6.45) is 4.83. The molecular weight excluding hydrogens is 652 g/mol. The number of pyridine rings is 3. The van der Waals surface area contributed by atoms with E-state index in [2.05, 4.69) is 20.6 Å². The second kappa shape index (κ2) is 15.2. The molecule has 4 aromatic heterocycles. The molecule has 0 radical (unpaired) electrons. The largest absolute Gasteiger partial charge is 0.493 e. The average molecular weight is 684 g/mol. The number of hydrogen-bond acceptors (Lipinski definition) is 9. The summed E-state index contributed by atoms with van der Waals surface area (Å²) in [4.78, 5) is 36.7. The van der Waals surface area contributed by atoms with Gasteiger partial charge in [0.15, 0.2) is 11.6 Å². The van der Waals surface area contributed by atoms with E-state index in [-0.39, 0.29) is 29.4 Å². The molecule has 13 heteroatoms. The Hall–Kier alpha value is -5.50. The number of benzene rings is 2. The second-order valence-electron chi connectivity index (χ2n) is 10.7. The van der Waals surface area contributed by atoms with E-state index < -0.39 is 23.1 Å². The molecule has 250 valence electrons. The molecular formula is C36H31F2N5O5S. The fourth-order valence-electron chi connectivity index (χ4n) is 4.99. The van der Waals surface area contributed by atoms with Crippen LogP contribution in [-0.4, -0.2) is 47.3 Å². The summed E-state index contributed by atoms with van der Waals surface area (Å²) in [5.74, 6) is -1.62. The average Bonchev–Trinajstić information content (AvgIpc) is 3.54. The minimum Gasteiger partial charge on any atom is -0.493 e. The summed E-state index contributed by atoms with van der Waals surface area (Å²) in [7, 11) is 1.66. The number of nitrogens with one attached hydrogen (secondary N) is 2. The Morgan fingerprint density at radius 3 is 2.53 bits per heavy atom. The summed E-state index contributed by atoms with van der Waals surface area (Å²) in [6, 6.07) is 18.2. The number of aromatic nitrogens is 3. The number of thiophene rings is 1. The van der Waals surface area contributed by atoms with Crippen molar-refractivity contribution in [3.8, 4) is 33.5 Å². The molecule has 0 fully saturated rings. The smallest absolute Gasteiger partial charge is 0.271 e. The first-order valence-corrected chi connectivity index (χ1v) is 16.1. The Bertz CT molecular complexity index is 2150. The van der Waals surface area contributed by atoms with Crippen LogP contribution in [0.2, 0.25) is 0 Å². The lowest BCUT2D eigenvalue weighted by molar-refractivity contribution is 0.102. The molecule has 2 N–H and O–H groups in total. The zero-order valence-corrected chi connectivity index (χ0v) is 27.4. The Morgan fingerprint density at radius 2 is 1.80 bits per heavy atom. The number of methoxy groups -OCH3 is 1. The molecule has 10 nitrogen and oxygen atoms in total. The first-order valence-electron chi connectivity index (χ1n) is 15.3. The number of ether oxygens (including phenoxy) is 3. The quantitative estimate of drug-likeness (QED) is 0.126. The number of amides is 1. The summed E-state index contributed by atoms with van der Waals surface area (Å²) < 4.78 is 47.4. The van der Waals surface area contributed by atoms with Crippen molar-refractivity contribution >= 4 is 33.1 Å². The molecule has 4 heterocycles. The number of carbonyl (C=O) groups excluding carboxylic acids is 1. The maximum absolute atomic E-state index is 15.4. The summed E-state index contributed by atoms with van der Waals surface area (Å²) in [6.45, 7) is 3.96. The van der Waals surface area contributed by atoms with Gasteiger partial charge in [0.05, 0.1) is 34.0 Å². The van der Waals surface area contributed by atoms with Gasteiger partial charge in [-0.25, -0.2) is 8.78 Å². The number of nitrogens with zero attached hydrogens (tertiary/aromatic N) is 3. The molecule has 0 aliphatic heterocycles. The number of halogens is 2. The summed E-state index contributed by atoms with van der Waals surface area (Å²) in [5, 5.41) is 5.87. The lowest BCUT2D eigenvalue weighted by atomic mass is 10.2. The van der Waals surface area contributed by atoms with Gasteiger partial charge >= 0.3 is 0 Å². The molecule has 6 rings (SSSR count). The van der Waals surface area contributed by atoms with Gasteiger partial charge in [-0.15, -0.1) is 11.3 Å². The van der Waals surface area contributed by atoms with Crippen LogP contribution >= 0.6 is 11.3 Å². The van der Waals surface area contributed by atoms with Crippen molar-refractivity contribution < 1.29 is 27.8 Å². The van der Waals surface area contributed by atoms with Crippen LogP contribution in [0.25, 0.3) is 26.5 Å². The molecule has 2 aromatic carbocycles. The zero-order chi connectivity index (χ0) is 34.3. The molecule has 1 amide bonds. The van der Waals surface area contributed by atoms with E-state index in [0.29, 0.717) is 34.8 Å². The highest BCUT2D eigenvalue weighted by Gasteiger charge is 2.21. The first kappa shape index (κ1) is 33.4. The van der Waals surface area contributed by atoms with Crippen molar-refractivity contribution in [2.24, 2.45) is 0 Å². The van der Waals surface area contributed by atoms with E-state index in [1.807, 2.05) is 24.4 Å². The van der Waals surface area contributed by atoms with Crippen molar-refractivity contribution in [2.75, 3.05) is 32.2 Å². The van der Waals surface area contributed by atoms with E-state index >= 15 is 4.39 Å². The van der Waals surface area contributed by atoms with Gasteiger partial charge < -0.3 is 24.8 Å². The van der Waals surface area contributed by atoms with Crippen molar-refractivity contribution in [1.29, 1.82) is 0 Å². The minimum atomic E-state index is -0.802. The van der Waals surface area contributed by atoms with E-state index in [9.17, 15) is 14.0 Å². The molecule has 0 unspecified atom stereocenters. The van der Waals surface area contributed by atoms with E-state index in [1.54, 1.807) is 26.3 Å². The molecule has 6 aromatic rings. The van der Waals surface area contributed by atoms with Crippen LogP contribution in [0.1, 0.15) is 22.8 Å². The third kappa shape index (κ3) is 7.64. The number of carbonyl (C=O) groups is 1.